The molecule has 0 radical (unpaired) electrons. The summed E-state index contributed by atoms with van der Waals surface area (Å²) in [5, 5.41) is 14.8. The number of hydrogen-bond donors (Lipinski definition) is 2. The summed E-state index contributed by atoms with van der Waals surface area (Å²) < 4.78 is 0. The molecule has 0 unspecified atom stereocenters. The van der Waals surface area contributed by atoms with E-state index in [0.29, 0.717) is 5.71 Å². The van der Waals surface area contributed by atoms with Gasteiger partial charge in [-0.15, -0.1) is 0 Å². The van der Waals surface area contributed by atoms with Gasteiger partial charge in [0.15, 0.2) is 5.71 Å². The van der Waals surface area contributed by atoms with Crippen molar-refractivity contribution in [1.82, 2.24) is 0 Å². The van der Waals surface area contributed by atoms with Crippen LogP contribution in [-0.4, -0.2) is 11.4 Å². The van der Waals surface area contributed by atoms with Crippen molar-refractivity contribution < 1.29 is 5.41 Å². The van der Waals surface area contributed by atoms with Crippen molar-refractivity contribution in [2.24, 2.45) is 0 Å². The first-order valence-electron chi connectivity index (χ1n) is 7.50. The largest absolute Gasteiger partial charge is 0.305 e. The average molecular weight is 285 g/mol. The van der Waals surface area contributed by atoms with Crippen LogP contribution in [0.3, 0.4) is 0 Å². The summed E-state index contributed by atoms with van der Waals surface area (Å²) in [5.74, 6) is 0.00657. The molecule has 2 atom stereocenters. The van der Waals surface area contributed by atoms with Gasteiger partial charge in [0.25, 0.3) is 0 Å². The van der Waals surface area contributed by atoms with Crippen LogP contribution in [0.5, 0.6) is 0 Å². The summed E-state index contributed by atoms with van der Waals surface area (Å²) >= 11 is 0. The Morgan fingerprint density at radius 2 is 1.23 bits per heavy atom. The van der Waals surface area contributed by atoms with E-state index in [1.165, 1.54) is 22.3 Å². The maximum atomic E-state index is 8.46. The first kappa shape index (κ1) is 13.0. The highest BCUT2D eigenvalue weighted by Crippen LogP contribution is 2.42. The van der Waals surface area contributed by atoms with Gasteiger partial charge in [0.05, 0.1) is 5.92 Å². The topological polar surface area (TPSA) is 49.4 Å². The predicted molar refractivity (Wildman–Crippen MR) is 91.1 cm³/mol. The standard InChI is InChI=1S/C20H16N2/c21-17-11-9-13-5-1-3-7-15(13)19(17)20-16-8-4-2-6-14(16)10-12-18(20)22/h1-12,19-22H/p+1/t19-,20+. The Hall–Kier alpha value is -2.74. The molecule has 2 aliphatic carbocycles. The molecule has 2 nitrogen and oxygen atoms in total. The summed E-state index contributed by atoms with van der Waals surface area (Å²) in [6.07, 6.45) is 7.98. The molecule has 0 saturated carbocycles. The summed E-state index contributed by atoms with van der Waals surface area (Å²) in [4.78, 5) is 0. The molecule has 0 fully saturated rings. The van der Waals surface area contributed by atoms with Crippen molar-refractivity contribution in [1.29, 1.82) is 5.41 Å². The van der Waals surface area contributed by atoms with Crippen molar-refractivity contribution in [3.63, 3.8) is 0 Å². The van der Waals surface area contributed by atoms with Gasteiger partial charge < -0.3 is 5.41 Å². The molecule has 0 aromatic heterocycles. The molecule has 2 aromatic rings. The fourth-order valence-electron chi connectivity index (χ4n) is 3.54. The minimum atomic E-state index is -0.0210. The fraction of sp³-hybridized carbons (Fsp3) is 0.100. The van der Waals surface area contributed by atoms with Gasteiger partial charge in [0, 0.05) is 17.7 Å². The van der Waals surface area contributed by atoms with Gasteiger partial charge in [-0.3, -0.25) is 5.41 Å². The van der Waals surface area contributed by atoms with Crippen molar-refractivity contribution in [3.05, 3.63) is 82.9 Å². The summed E-state index contributed by atoms with van der Waals surface area (Å²) in [6.45, 7) is 0. The van der Waals surface area contributed by atoms with Gasteiger partial charge in [-0.05, 0) is 34.4 Å². The van der Waals surface area contributed by atoms with E-state index >= 15 is 0 Å². The van der Waals surface area contributed by atoms with E-state index in [1.807, 2.05) is 42.5 Å². The maximum absolute atomic E-state index is 8.46. The number of allylic oxidation sites excluding steroid dienone is 2. The van der Waals surface area contributed by atoms with Crippen molar-refractivity contribution in [2.45, 2.75) is 11.8 Å². The molecular weight excluding hydrogens is 268 g/mol. The zero-order valence-electron chi connectivity index (χ0n) is 12.2. The minimum absolute atomic E-state index is 0.0210. The van der Waals surface area contributed by atoms with Crippen LogP contribution in [0.25, 0.3) is 12.2 Å². The molecule has 22 heavy (non-hydrogen) atoms. The molecule has 3 N–H and O–H groups in total. The quantitative estimate of drug-likeness (QED) is 0.809. The van der Waals surface area contributed by atoms with Crippen LogP contribution in [0.4, 0.5) is 0 Å². The summed E-state index contributed by atoms with van der Waals surface area (Å²) in [7, 11) is 0. The molecule has 106 valence electrons. The van der Waals surface area contributed by atoms with Crippen molar-refractivity contribution >= 4 is 23.6 Å². The first-order valence-corrected chi connectivity index (χ1v) is 7.50. The molecule has 2 heteroatoms. The molecular formula is C20H17N2+. The minimum Gasteiger partial charge on any atom is -0.305 e. The highest BCUT2D eigenvalue weighted by Gasteiger charge is 2.37. The van der Waals surface area contributed by atoms with Crippen LogP contribution in [0.1, 0.15) is 34.1 Å². The molecule has 2 aliphatic rings. The molecule has 0 bridgehead atoms. The molecule has 0 saturated heterocycles. The van der Waals surface area contributed by atoms with Gasteiger partial charge in [0.2, 0.25) is 0 Å². The number of rotatable bonds is 1. The highest BCUT2D eigenvalue weighted by atomic mass is 14.5. The second kappa shape index (κ2) is 4.92. The predicted octanol–water partition coefficient (Wildman–Crippen LogP) is 2.83. The monoisotopic (exact) mass is 285 g/mol. The van der Waals surface area contributed by atoms with Crippen molar-refractivity contribution in [2.75, 3.05) is 0 Å². The van der Waals surface area contributed by atoms with Gasteiger partial charge in [-0.1, -0.05) is 54.6 Å². The Kier molecular flexibility index (Phi) is 2.90. The Bertz CT molecular complexity index is 771. The lowest BCUT2D eigenvalue weighted by molar-refractivity contribution is -0.116. The Labute approximate surface area is 129 Å². The van der Waals surface area contributed by atoms with Crippen LogP contribution in [0.15, 0.2) is 60.7 Å². The molecule has 0 aliphatic heterocycles. The number of fused-ring (bicyclic) bond motifs is 2. The van der Waals surface area contributed by atoms with Gasteiger partial charge >= 0.3 is 0 Å². The Balaban J connectivity index is 1.91. The van der Waals surface area contributed by atoms with Crippen LogP contribution < -0.4 is 5.41 Å². The normalized spacial score (nSPS) is 22.4. The second-order valence-corrected chi connectivity index (χ2v) is 5.84. The zero-order chi connectivity index (χ0) is 15.1. The van der Waals surface area contributed by atoms with E-state index in [2.05, 4.69) is 30.3 Å². The molecule has 0 heterocycles. The van der Waals surface area contributed by atoms with E-state index in [4.69, 9.17) is 10.8 Å². The number of benzene rings is 2. The third-order valence-electron chi connectivity index (χ3n) is 4.59. The molecule has 0 amide bonds. The molecule has 2 aromatic carbocycles. The van der Waals surface area contributed by atoms with Crippen LogP contribution in [0, 0.1) is 5.41 Å². The van der Waals surface area contributed by atoms with Crippen LogP contribution in [-0.2, 0) is 0 Å². The first-order chi connectivity index (χ1) is 10.8. The van der Waals surface area contributed by atoms with E-state index in [1.54, 1.807) is 0 Å². The van der Waals surface area contributed by atoms with Crippen LogP contribution in [0.2, 0.25) is 0 Å². The third-order valence-corrected chi connectivity index (χ3v) is 4.59. The average Bonchev–Trinajstić information content (AvgIpc) is 2.56. The molecule has 0 spiro atoms. The van der Waals surface area contributed by atoms with Gasteiger partial charge in [-0.25, -0.2) is 0 Å². The smallest absolute Gasteiger partial charge is 0.181 e. The number of hydrogen-bond acceptors (Lipinski definition) is 1. The SMILES string of the molecule is N=C1C=Cc2ccccc2[C@H]1[C@@H]1C(=[NH2+])C=Cc2ccccc21. The van der Waals surface area contributed by atoms with E-state index < -0.39 is 0 Å². The highest BCUT2D eigenvalue weighted by molar-refractivity contribution is 6.11. The van der Waals surface area contributed by atoms with Crippen LogP contribution >= 0.6 is 0 Å². The number of nitrogens with two attached hydrogens (primary N) is 1. The lowest BCUT2D eigenvalue weighted by atomic mass is 9.70. The Morgan fingerprint density at radius 1 is 0.682 bits per heavy atom. The lowest BCUT2D eigenvalue weighted by Gasteiger charge is -2.31. The zero-order valence-corrected chi connectivity index (χ0v) is 12.2. The van der Waals surface area contributed by atoms with Gasteiger partial charge in [0.1, 0.15) is 0 Å². The molecule has 4 rings (SSSR count). The Morgan fingerprint density at radius 3 is 1.91 bits per heavy atom. The van der Waals surface area contributed by atoms with Gasteiger partial charge in [-0.2, -0.15) is 0 Å². The second-order valence-electron chi connectivity index (χ2n) is 5.84. The number of nitrogens with one attached hydrogen (secondary N) is 1. The van der Waals surface area contributed by atoms with E-state index in [9.17, 15) is 0 Å². The van der Waals surface area contributed by atoms with Crippen molar-refractivity contribution in [3.8, 4) is 0 Å². The summed E-state index contributed by atoms with van der Waals surface area (Å²) in [6, 6.07) is 16.6. The fourth-order valence-corrected chi connectivity index (χ4v) is 3.54. The lowest BCUT2D eigenvalue weighted by Crippen LogP contribution is -2.46. The summed E-state index contributed by atoms with van der Waals surface area (Å²) in [5.41, 5.74) is 6.23. The van der Waals surface area contributed by atoms with E-state index in [0.717, 1.165) is 5.71 Å². The third kappa shape index (κ3) is 1.88. The van der Waals surface area contributed by atoms with E-state index in [-0.39, 0.29) is 11.8 Å². The maximum Gasteiger partial charge on any atom is 0.181 e.